The number of halogens is 1. The molecule has 1 aliphatic rings. The van der Waals surface area contributed by atoms with Crippen LogP contribution in [0.2, 0.25) is 0 Å². The zero-order valence-electron chi connectivity index (χ0n) is 16.0. The Morgan fingerprint density at radius 1 is 1.11 bits per heavy atom. The Kier molecular flexibility index (Phi) is 4.86. The molecule has 2 aromatic carbocycles. The fraction of sp³-hybridized carbons (Fsp3) is 0.273. The second-order valence-electron chi connectivity index (χ2n) is 6.87. The summed E-state index contributed by atoms with van der Waals surface area (Å²) in [6.07, 6.45) is 2.51. The van der Waals surface area contributed by atoms with Gasteiger partial charge in [0.25, 0.3) is 5.91 Å². The molecule has 5 nitrogen and oxygen atoms in total. The van der Waals surface area contributed by atoms with E-state index in [1.54, 1.807) is 31.1 Å². The maximum atomic E-state index is 13.9. The van der Waals surface area contributed by atoms with E-state index in [1.165, 1.54) is 6.07 Å². The summed E-state index contributed by atoms with van der Waals surface area (Å²) in [7, 11) is 1.65. The van der Waals surface area contributed by atoms with E-state index in [9.17, 15) is 9.18 Å². The molecule has 0 N–H and O–H groups in total. The average Bonchev–Trinajstić information content (AvgIpc) is 3.00. The van der Waals surface area contributed by atoms with E-state index in [0.717, 1.165) is 22.8 Å². The van der Waals surface area contributed by atoms with Crippen molar-refractivity contribution in [3.63, 3.8) is 0 Å². The minimum absolute atomic E-state index is 0.137. The van der Waals surface area contributed by atoms with Gasteiger partial charge in [0.15, 0.2) is 0 Å². The van der Waals surface area contributed by atoms with Crippen molar-refractivity contribution in [2.24, 2.45) is 0 Å². The summed E-state index contributed by atoms with van der Waals surface area (Å²) >= 11 is 0. The van der Waals surface area contributed by atoms with Crippen LogP contribution in [0.4, 0.5) is 4.39 Å². The molecular weight excluding hydrogens is 357 g/mol. The SMILES string of the molecule is COc1ccccc1-c1cnc2n1CCN(C(=O)c1cccc(F)c1C)CC2. The number of carbonyl (C=O) groups excluding carboxylic acids is 1. The molecule has 28 heavy (non-hydrogen) atoms. The third-order valence-corrected chi connectivity index (χ3v) is 5.31. The van der Waals surface area contributed by atoms with Crippen molar-refractivity contribution < 1.29 is 13.9 Å². The number of rotatable bonds is 3. The quantitative estimate of drug-likeness (QED) is 0.697. The van der Waals surface area contributed by atoms with Crippen molar-refractivity contribution in [1.82, 2.24) is 14.5 Å². The normalized spacial score (nSPS) is 13.8. The summed E-state index contributed by atoms with van der Waals surface area (Å²) in [4.78, 5) is 19.3. The minimum Gasteiger partial charge on any atom is -0.496 e. The summed E-state index contributed by atoms with van der Waals surface area (Å²) in [6, 6.07) is 12.5. The number of nitrogens with zero attached hydrogens (tertiary/aromatic N) is 3. The second kappa shape index (κ2) is 7.46. The lowest BCUT2D eigenvalue weighted by atomic mass is 10.1. The van der Waals surface area contributed by atoms with Crippen molar-refractivity contribution in [3.8, 4) is 17.0 Å². The number of fused-ring (bicyclic) bond motifs is 1. The highest BCUT2D eigenvalue weighted by atomic mass is 19.1. The number of para-hydroxylation sites is 1. The van der Waals surface area contributed by atoms with Crippen molar-refractivity contribution in [3.05, 3.63) is 71.4 Å². The molecule has 4 rings (SSSR count). The number of hydrogen-bond acceptors (Lipinski definition) is 3. The monoisotopic (exact) mass is 379 g/mol. The Morgan fingerprint density at radius 3 is 2.75 bits per heavy atom. The first-order chi connectivity index (χ1) is 13.6. The van der Waals surface area contributed by atoms with Crippen LogP contribution in [0.1, 0.15) is 21.7 Å². The molecule has 1 amide bonds. The molecule has 0 atom stereocenters. The third-order valence-electron chi connectivity index (χ3n) is 5.31. The minimum atomic E-state index is -0.355. The Morgan fingerprint density at radius 2 is 1.93 bits per heavy atom. The number of carbonyl (C=O) groups is 1. The highest BCUT2D eigenvalue weighted by Crippen LogP contribution is 2.31. The van der Waals surface area contributed by atoms with Gasteiger partial charge in [-0.1, -0.05) is 18.2 Å². The zero-order chi connectivity index (χ0) is 19.7. The maximum absolute atomic E-state index is 13.9. The lowest BCUT2D eigenvalue weighted by Gasteiger charge is -2.21. The molecule has 0 saturated heterocycles. The van der Waals surface area contributed by atoms with Crippen LogP contribution in [0.25, 0.3) is 11.3 Å². The molecular formula is C22H22FN3O2. The van der Waals surface area contributed by atoms with Gasteiger partial charge in [0, 0.05) is 37.2 Å². The Bertz CT molecular complexity index is 1030. The molecule has 1 aromatic heterocycles. The Labute approximate surface area is 163 Å². The summed E-state index contributed by atoms with van der Waals surface area (Å²) in [5.74, 6) is 1.23. The lowest BCUT2D eigenvalue weighted by Crippen LogP contribution is -2.34. The summed E-state index contributed by atoms with van der Waals surface area (Å²) in [6.45, 7) is 3.37. The molecule has 6 heteroatoms. The fourth-order valence-electron chi connectivity index (χ4n) is 3.71. The maximum Gasteiger partial charge on any atom is 0.254 e. The molecule has 0 bridgehead atoms. The van der Waals surface area contributed by atoms with Crippen LogP contribution >= 0.6 is 0 Å². The number of aromatic nitrogens is 2. The van der Waals surface area contributed by atoms with Crippen LogP contribution in [0.15, 0.2) is 48.7 Å². The van der Waals surface area contributed by atoms with Gasteiger partial charge in [-0.2, -0.15) is 0 Å². The molecule has 0 aliphatic carbocycles. The first-order valence-corrected chi connectivity index (χ1v) is 9.32. The molecule has 3 aromatic rings. The zero-order valence-corrected chi connectivity index (χ0v) is 16.0. The van der Waals surface area contributed by atoms with Gasteiger partial charge in [0.05, 0.1) is 19.0 Å². The van der Waals surface area contributed by atoms with Crippen LogP contribution in [0, 0.1) is 12.7 Å². The number of benzene rings is 2. The van der Waals surface area contributed by atoms with Gasteiger partial charge in [-0.25, -0.2) is 9.37 Å². The molecule has 1 aliphatic heterocycles. The van der Waals surface area contributed by atoms with E-state index in [1.807, 2.05) is 30.5 Å². The molecule has 0 saturated carbocycles. The molecule has 0 unspecified atom stereocenters. The number of imidazole rings is 1. The predicted molar refractivity (Wildman–Crippen MR) is 105 cm³/mol. The predicted octanol–water partition coefficient (Wildman–Crippen LogP) is 3.70. The van der Waals surface area contributed by atoms with Gasteiger partial charge in [-0.3, -0.25) is 4.79 Å². The first kappa shape index (κ1) is 18.2. The van der Waals surface area contributed by atoms with E-state index < -0.39 is 0 Å². The third kappa shape index (κ3) is 3.15. The van der Waals surface area contributed by atoms with Crippen LogP contribution in [-0.2, 0) is 13.0 Å². The largest absolute Gasteiger partial charge is 0.496 e. The second-order valence-corrected chi connectivity index (χ2v) is 6.87. The van der Waals surface area contributed by atoms with E-state index in [0.29, 0.717) is 37.2 Å². The number of ether oxygens (including phenoxy) is 1. The van der Waals surface area contributed by atoms with E-state index in [2.05, 4.69) is 9.55 Å². The van der Waals surface area contributed by atoms with Crippen LogP contribution in [0.5, 0.6) is 5.75 Å². The van der Waals surface area contributed by atoms with E-state index >= 15 is 0 Å². The van der Waals surface area contributed by atoms with Gasteiger partial charge in [0.1, 0.15) is 17.4 Å². The van der Waals surface area contributed by atoms with Gasteiger partial charge in [-0.15, -0.1) is 0 Å². The van der Waals surface area contributed by atoms with Gasteiger partial charge >= 0.3 is 0 Å². The van der Waals surface area contributed by atoms with Crippen molar-refractivity contribution in [2.75, 3.05) is 20.2 Å². The van der Waals surface area contributed by atoms with E-state index in [-0.39, 0.29) is 11.7 Å². The number of amides is 1. The van der Waals surface area contributed by atoms with Gasteiger partial charge in [0.2, 0.25) is 0 Å². The Hall–Kier alpha value is -3.15. The van der Waals surface area contributed by atoms with Crippen LogP contribution in [-0.4, -0.2) is 40.6 Å². The molecule has 0 spiro atoms. The fourth-order valence-corrected chi connectivity index (χ4v) is 3.71. The van der Waals surface area contributed by atoms with Gasteiger partial charge in [-0.05, 0) is 36.8 Å². The van der Waals surface area contributed by atoms with Crippen molar-refractivity contribution in [2.45, 2.75) is 19.9 Å². The standard InChI is InChI=1S/C22H22FN3O2/c1-15-16(7-5-8-18(15)23)22(27)25-11-10-21-24-14-19(26(21)13-12-25)17-6-3-4-9-20(17)28-2/h3-9,14H,10-13H2,1-2H3. The first-order valence-electron chi connectivity index (χ1n) is 9.32. The lowest BCUT2D eigenvalue weighted by molar-refractivity contribution is 0.0758. The summed E-state index contributed by atoms with van der Waals surface area (Å²) in [5, 5.41) is 0. The van der Waals surface area contributed by atoms with E-state index in [4.69, 9.17) is 4.74 Å². The average molecular weight is 379 g/mol. The highest BCUT2D eigenvalue weighted by Gasteiger charge is 2.24. The van der Waals surface area contributed by atoms with Crippen LogP contribution < -0.4 is 4.74 Å². The Balaban J connectivity index is 1.61. The molecule has 0 fully saturated rings. The summed E-state index contributed by atoms with van der Waals surface area (Å²) in [5.41, 5.74) is 2.77. The number of methoxy groups -OCH3 is 1. The summed E-state index contributed by atoms with van der Waals surface area (Å²) < 4.78 is 21.5. The topological polar surface area (TPSA) is 47.4 Å². The number of hydrogen-bond donors (Lipinski definition) is 0. The molecule has 144 valence electrons. The van der Waals surface area contributed by atoms with Crippen molar-refractivity contribution >= 4 is 5.91 Å². The highest BCUT2D eigenvalue weighted by molar-refractivity contribution is 5.95. The molecule has 0 radical (unpaired) electrons. The van der Waals surface area contributed by atoms with Gasteiger partial charge < -0.3 is 14.2 Å². The van der Waals surface area contributed by atoms with Crippen LogP contribution in [0.3, 0.4) is 0 Å². The van der Waals surface area contributed by atoms with Crippen molar-refractivity contribution in [1.29, 1.82) is 0 Å². The molecule has 2 heterocycles. The smallest absolute Gasteiger partial charge is 0.254 e.